The molecule has 5 N–H and O–H groups in total. The van der Waals surface area contributed by atoms with Crippen LogP contribution in [-0.4, -0.2) is 139 Å². The highest BCUT2D eigenvalue weighted by Gasteiger charge is 2.46. The van der Waals surface area contributed by atoms with Crippen molar-refractivity contribution in [3.05, 3.63) is 89.6 Å². The van der Waals surface area contributed by atoms with E-state index >= 15 is 0 Å². The number of likely N-dealkylation sites (tertiary alicyclic amines) is 2. The van der Waals surface area contributed by atoms with Gasteiger partial charge in [-0.1, -0.05) is 68.9 Å². The van der Waals surface area contributed by atoms with E-state index in [1.54, 1.807) is 17.5 Å². The van der Waals surface area contributed by atoms with E-state index in [-0.39, 0.29) is 61.8 Å². The van der Waals surface area contributed by atoms with Gasteiger partial charge < -0.3 is 40.3 Å². The third-order valence-corrected chi connectivity index (χ3v) is 16.7. The zero-order valence-electron chi connectivity index (χ0n) is 43.8. The Labute approximate surface area is 454 Å². The average Bonchev–Trinajstić information content (AvgIpc) is 4.29. The van der Waals surface area contributed by atoms with Crippen molar-refractivity contribution in [3.8, 4) is 27.3 Å². The Hall–Kier alpha value is -7.14. The maximum absolute atomic E-state index is 14.1. The minimum atomic E-state index is -1.02. The molecule has 0 unspecified atom stereocenters. The highest BCUT2D eigenvalue weighted by Crippen LogP contribution is 2.36. The molecule has 77 heavy (non-hydrogen) atoms. The molecule has 1 aliphatic carbocycles. The molecular formula is C55H64N12O8S2. The van der Waals surface area contributed by atoms with Gasteiger partial charge in [0.1, 0.15) is 18.2 Å². The monoisotopic (exact) mass is 1080 g/mol. The van der Waals surface area contributed by atoms with E-state index in [1.165, 1.54) is 35.1 Å². The first-order valence-corrected chi connectivity index (χ1v) is 27.9. The summed E-state index contributed by atoms with van der Waals surface area (Å²) in [6, 6.07) is 13.9. The van der Waals surface area contributed by atoms with Crippen molar-refractivity contribution in [1.82, 2.24) is 45.4 Å². The Balaban J connectivity index is 0.674. The number of carbonyl (C=O) groups is 5. The number of nitrogens with zero attached hydrogens (tertiary/aromatic N) is 8. The van der Waals surface area contributed by atoms with Gasteiger partial charge in [0.05, 0.1) is 62.7 Å². The van der Waals surface area contributed by atoms with Crippen LogP contribution in [0.3, 0.4) is 0 Å². The van der Waals surface area contributed by atoms with E-state index in [1.807, 2.05) is 88.7 Å². The van der Waals surface area contributed by atoms with Gasteiger partial charge in [-0.15, -0.1) is 11.3 Å². The number of nitrogens with one attached hydrogen (secondary N) is 4. The first-order chi connectivity index (χ1) is 37.0. The topological polar surface area (TPSA) is 246 Å². The lowest BCUT2D eigenvalue weighted by Crippen LogP contribution is -2.58. The average molecular weight is 1090 g/mol. The van der Waals surface area contributed by atoms with Gasteiger partial charge in [-0.3, -0.25) is 34.4 Å². The molecule has 5 amide bonds. The third-order valence-electron chi connectivity index (χ3n) is 14.8. The summed E-state index contributed by atoms with van der Waals surface area (Å²) >= 11 is 2.96. The highest BCUT2D eigenvalue weighted by atomic mass is 32.1. The molecule has 0 radical (unpaired) electrons. The first kappa shape index (κ1) is 53.3. The Bertz CT molecular complexity index is 3140. The van der Waals surface area contributed by atoms with Crippen LogP contribution in [0, 0.1) is 19.3 Å². The summed E-state index contributed by atoms with van der Waals surface area (Å²) in [5.41, 5.74) is 7.71. The molecule has 20 nitrogen and oxygen atoms in total. The van der Waals surface area contributed by atoms with Crippen LogP contribution >= 0.6 is 22.7 Å². The first-order valence-electron chi connectivity index (χ1n) is 26.2. The summed E-state index contributed by atoms with van der Waals surface area (Å²) in [7, 11) is 0. The zero-order chi connectivity index (χ0) is 54.0. The molecule has 1 saturated carbocycles. The van der Waals surface area contributed by atoms with E-state index < -0.39 is 48.1 Å². The number of aryl methyl sites for hydroxylation is 2. The number of rotatable bonds is 16. The number of aromatic nitrogens is 5. The Morgan fingerprint density at radius 3 is 2.30 bits per heavy atom. The van der Waals surface area contributed by atoms with Gasteiger partial charge in [0.15, 0.2) is 17.5 Å². The number of carbonyl (C=O) groups excluding carboxylic acids is 5. The molecule has 404 valence electrons. The normalized spacial score (nSPS) is 20.0. The predicted octanol–water partition coefficient (Wildman–Crippen LogP) is 6.86. The van der Waals surface area contributed by atoms with Crippen LogP contribution in [0.15, 0.2) is 72.6 Å². The molecule has 6 aromatic rings. The van der Waals surface area contributed by atoms with Gasteiger partial charge in [0.2, 0.25) is 23.7 Å². The maximum atomic E-state index is 14.1. The van der Waals surface area contributed by atoms with E-state index in [4.69, 9.17) is 9.47 Å². The molecule has 4 fully saturated rings. The highest BCUT2D eigenvalue weighted by molar-refractivity contribution is 7.22. The SMILES string of the molecule is Cc1ncc(-c2ccc3nc(NC(=O)CN4C[C@H]5C[C@@H]4CN5c4ncc(OCC(=O)N[C@H](C(=O)N5C[C@H](O)C[C@H]5C(=O)NCc5ccc(-c6scnc6C)cc5)C(C)(C)C)cn4)sc3c2)cc1NC(=O)OC1CCCCC1. The minimum Gasteiger partial charge on any atom is -0.481 e. The van der Waals surface area contributed by atoms with Crippen LogP contribution in [0.5, 0.6) is 5.75 Å². The van der Waals surface area contributed by atoms with Crippen LogP contribution < -0.4 is 30.9 Å². The Morgan fingerprint density at radius 2 is 1.58 bits per heavy atom. The van der Waals surface area contributed by atoms with Gasteiger partial charge in [0, 0.05) is 56.4 Å². The number of piperazine rings is 1. The largest absolute Gasteiger partial charge is 0.481 e. The lowest BCUT2D eigenvalue weighted by molar-refractivity contribution is -0.144. The molecule has 7 heterocycles. The zero-order valence-corrected chi connectivity index (χ0v) is 45.4. The second kappa shape index (κ2) is 22.8. The fraction of sp³-hybridized carbons (Fsp3) is 0.455. The maximum Gasteiger partial charge on any atom is 0.411 e. The molecule has 10 rings (SSSR count). The standard InChI is InChI=1S/C55H64N12O8S2/c1-31-43(62-54(73)75-40-9-7-6-8-10-40)17-36(22-56-31)35-15-16-42-45(18-35)77-53(61-42)64-46(69)28-65-25-38-19-37(65)26-66(38)52-58-23-41(24-59-52)74-29-47(70)63-49(55(3,4)5)51(72)67-27-39(68)20-44(67)50(71)57-21-33-11-13-34(14-12-33)48-32(2)60-30-76-48/h11-18,22-24,30,37-40,44,49,68H,6-10,19-21,25-29H2,1-5H3,(H,57,71)(H,62,73)(H,63,70)(H,61,64,69)/t37-,38-,39-,44+,49-/m1/s1. The molecule has 5 atom stereocenters. The molecular weight excluding hydrogens is 1020 g/mol. The number of amides is 5. The second-order valence-corrected chi connectivity index (χ2v) is 23.4. The summed E-state index contributed by atoms with van der Waals surface area (Å²) in [6.07, 6.45) is 9.40. The van der Waals surface area contributed by atoms with Crippen LogP contribution in [0.1, 0.15) is 82.7 Å². The molecule has 4 aromatic heterocycles. The molecule has 0 spiro atoms. The van der Waals surface area contributed by atoms with Crippen molar-refractivity contribution < 1.29 is 38.6 Å². The summed E-state index contributed by atoms with van der Waals surface area (Å²) in [5, 5.41) is 22.8. The van der Waals surface area contributed by atoms with Crippen LogP contribution in [0.25, 0.3) is 31.8 Å². The molecule has 4 aliphatic rings. The van der Waals surface area contributed by atoms with Crippen molar-refractivity contribution in [3.63, 3.8) is 0 Å². The molecule has 2 bridgehead atoms. The minimum absolute atomic E-state index is 0.0422. The number of benzene rings is 2. The number of aliphatic hydroxyl groups is 1. The Kier molecular flexibility index (Phi) is 15.8. The van der Waals surface area contributed by atoms with Crippen molar-refractivity contribution >= 4 is 79.4 Å². The quantitative estimate of drug-likeness (QED) is 0.0665. The van der Waals surface area contributed by atoms with Crippen molar-refractivity contribution in [2.75, 3.05) is 48.3 Å². The molecule has 3 aliphatic heterocycles. The van der Waals surface area contributed by atoms with Crippen molar-refractivity contribution in [2.24, 2.45) is 5.41 Å². The third kappa shape index (κ3) is 12.5. The van der Waals surface area contributed by atoms with Gasteiger partial charge >= 0.3 is 6.09 Å². The number of fused-ring (bicyclic) bond motifs is 3. The van der Waals surface area contributed by atoms with E-state index in [0.717, 1.165) is 75.1 Å². The van der Waals surface area contributed by atoms with E-state index in [9.17, 15) is 29.1 Å². The van der Waals surface area contributed by atoms with Crippen molar-refractivity contribution in [1.29, 1.82) is 0 Å². The van der Waals surface area contributed by atoms with E-state index in [2.05, 4.69) is 56.0 Å². The number of aliphatic hydroxyl groups excluding tert-OH is 1. The van der Waals surface area contributed by atoms with Gasteiger partial charge in [-0.05, 0) is 86.3 Å². The number of β-amino-alcohol motifs (C(OH)–C–C–N with tert-alkyl or cyclic N) is 1. The van der Waals surface area contributed by atoms with Crippen LogP contribution in [0.4, 0.5) is 21.6 Å². The van der Waals surface area contributed by atoms with Gasteiger partial charge in [0.25, 0.3) is 5.91 Å². The molecule has 22 heteroatoms. The van der Waals surface area contributed by atoms with Gasteiger partial charge in [-0.2, -0.15) is 0 Å². The number of anilines is 3. The lowest BCUT2D eigenvalue weighted by atomic mass is 9.85. The summed E-state index contributed by atoms with van der Waals surface area (Å²) in [5.74, 6) is -0.777. The summed E-state index contributed by atoms with van der Waals surface area (Å²) < 4.78 is 12.4. The molecule has 2 aromatic carbocycles. The number of thiazole rings is 2. The summed E-state index contributed by atoms with van der Waals surface area (Å²) in [6.45, 7) is 10.6. The number of ether oxygens (including phenoxy) is 2. The fourth-order valence-corrected chi connectivity index (χ4v) is 12.4. The van der Waals surface area contributed by atoms with Crippen LogP contribution in [-0.2, 0) is 30.5 Å². The number of pyridine rings is 1. The van der Waals surface area contributed by atoms with E-state index in [0.29, 0.717) is 35.6 Å². The number of hydrogen-bond acceptors (Lipinski definition) is 17. The lowest BCUT2D eigenvalue weighted by Gasteiger charge is -2.35. The van der Waals surface area contributed by atoms with Crippen LogP contribution in [0.2, 0.25) is 0 Å². The Morgan fingerprint density at radius 1 is 0.818 bits per heavy atom. The van der Waals surface area contributed by atoms with Crippen molar-refractivity contribution in [2.45, 2.75) is 122 Å². The fourth-order valence-electron chi connectivity index (χ4n) is 10.6. The smallest absolute Gasteiger partial charge is 0.411 e. The predicted molar refractivity (Wildman–Crippen MR) is 293 cm³/mol. The second-order valence-electron chi connectivity index (χ2n) is 21.5. The number of hydrogen-bond donors (Lipinski definition) is 5. The molecule has 3 saturated heterocycles. The van der Waals surface area contributed by atoms with Gasteiger partial charge in [-0.25, -0.2) is 24.7 Å². The summed E-state index contributed by atoms with van der Waals surface area (Å²) in [4.78, 5) is 96.5.